The Morgan fingerprint density at radius 1 is 1.00 bits per heavy atom. The predicted molar refractivity (Wildman–Crippen MR) is 102 cm³/mol. The molecule has 0 spiro atoms. The van der Waals surface area contributed by atoms with Crippen LogP contribution in [0.5, 0.6) is 17.2 Å². The van der Waals surface area contributed by atoms with Crippen molar-refractivity contribution in [2.24, 2.45) is 0 Å². The van der Waals surface area contributed by atoms with Gasteiger partial charge in [-0.1, -0.05) is 30.3 Å². The van der Waals surface area contributed by atoms with Crippen LogP contribution >= 0.6 is 11.8 Å². The fourth-order valence-electron chi connectivity index (χ4n) is 2.39. The summed E-state index contributed by atoms with van der Waals surface area (Å²) in [5.41, 5.74) is 1.45. The van der Waals surface area contributed by atoms with Crippen LogP contribution in [-0.2, 0) is 11.3 Å². The Labute approximate surface area is 165 Å². The van der Waals surface area contributed by atoms with Gasteiger partial charge in [0, 0.05) is 5.56 Å². The van der Waals surface area contributed by atoms with E-state index in [-0.39, 0.29) is 17.7 Å². The van der Waals surface area contributed by atoms with E-state index in [9.17, 15) is 4.79 Å². The quantitative estimate of drug-likeness (QED) is 0.426. The molecule has 1 aromatic heterocycles. The number of hydrogen-bond acceptors (Lipinski definition) is 9. The minimum atomic E-state index is -0.538. The SMILES string of the molecule is COc1cc(-c2nnc(SC(=O)OCc3ccccc3)o2)cc(OC)c1OC. The molecule has 3 aromatic rings. The number of ether oxygens (including phenoxy) is 4. The molecule has 0 aliphatic heterocycles. The molecular weight excluding hydrogens is 384 g/mol. The Balaban J connectivity index is 1.70. The minimum Gasteiger partial charge on any atom is -0.493 e. The van der Waals surface area contributed by atoms with E-state index in [0.29, 0.717) is 22.8 Å². The largest absolute Gasteiger partial charge is 0.493 e. The number of benzene rings is 2. The van der Waals surface area contributed by atoms with E-state index in [2.05, 4.69) is 10.2 Å². The molecule has 0 aliphatic rings. The summed E-state index contributed by atoms with van der Waals surface area (Å²) in [6, 6.07) is 12.7. The molecule has 0 N–H and O–H groups in total. The number of thioether (sulfide) groups is 1. The van der Waals surface area contributed by atoms with E-state index in [4.69, 9.17) is 23.4 Å². The third kappa shape index (κ3) is 4.55. The van der Waals surface area contributed by atoms with E-state index in [1.165, 1.54) is 21.3 Å². The van der Waals surface area contributed by atoms with Crippen LogP contribution in [0.3, 0.4) is 0 Å². The van der Waals surface area contributed by atoms with Gasteiger partial charge in [-0.05, 0) is 17.7 Å². The maximum Gasteiger partial charge on any atom is 0.377 e. The topological polar surface area (TPSA) is 92.9 Å². The normalized spacial score (nSPS) is 10.4. The van der Waals surface area contributed by atoms with Gasteiger partial charge in [0.05, 0.1) is 33.1 Å². The standard InChI is InChI=1S/C19H18N2O6S/c1-23-14-9-13(10-15(24-2)16(14)25-3)17-20-21-18(27-17)28-19(22)26-11-12-7-5-4-6-8-12/h4-10H,11H2,1-3H3. The van der Waals surface area contributed by atoms with Crippen molar-refractivity contribution in [3.8, 4) is 28.7 Å². The van der Waals surface area contributed by atoms with Gasteiger partial charge in [-0.3, -0.25) is 0 Å². The maximum atomic E-state index is 12.0. The summed E-state index contributed by atoms with van der Waals surface area (Å²) in [7, 11) is 4.54. The lowest BCUT2D eigenvalue weighted by atomic mass is 10.2. The van der Waals surface area contributed by atoms with Crippen LogP contribution < -0.4 is 14.2 Å². The Hall–Kier alpha value is -3.20. The van der Waals surface area contributed by atoms with Crippen molar-refractivity contribution in [3.63, 3.8) is 0 Å². The molecule has 2 aromatic carbocycles. The third-order valence-electron chi connectivity index (χ3n) is 3.69. The van der Waals surface area contributed by atoms with E-state index in [1.807, 2.05) is 30.3 Å². The van der Waals surface area contributed by atoms with Crippen LogP contribution in [0.25, 0.3) is 11.5 Å². The van der Waals surface area contributed by atoms with E-state index in [1.54, 1.807) is 12.1 Å². The molecule has 0 saturated heterocycles. The first-order chi connectivity index (χ1) is 13.6. The van der Waals surface area contributed by atoms with Gasteiger partial charge in [-0.15, -0.1) is 10.2 Å². The Morgan fingerprint density at radius 3 is 2.29 bits per heavy atom. The number of hydrogen-bond donors (Lipinski definition) is 0. The summed E-state index contributed by atoms with van der Waals surface area (Å²) in [5.74, 6) is 1.56. The van der Waals surface area contributed by atoms with Crippen molar-refractivity contribution in [1.29, 1.82) is 0 Å². The average Bonchev–Trinajstić information content (AvgIpc) is 3.20. The number of carbonyl (C=O) groups excluding carboxylic acids is 1. The lowest BCUT2D eigenvalue weighted by Crippen LogP contribution is -1.97. The van der Waals surface area contributed by atoms with Crippen molar-refractivity contribution in [2.75, 3.05) is 21.3 Å². The molecule has 0 unspecified atom stereocenters. The first-order valence-electron chi connectivity index (χ1n) is 8.17. The second-order valence-electron chi connectivity index (χ2n) is 5.41. The van der Waals surface area contributed by atoms with Gasteiger partial charge >= 0.3 is 5.30 Å². The Morgan fingerprint density at radius 2 is 1.68 bits per heavy atom. The summed E-state index contributed by atoms with van der Waals surface area (Å²) in [6.07, 6.45) is 0. The van der Waals surface area contributed by atoms with E-state index >= 15 is 0 Å². The zero-order valence-corrected chi connectivity index (χ0v) is 16.3. The molecule has 0 fully saturated rings. The van der Waals surface area contributed by atoms with Crippen molar-refractivity contribution < 1.29 is 28.2 Å². The summed E-state index contributed by atoms with van der Waals surface area (Å²) < 4.78 is 26.7. The molecule has 8 nitrogen and oxygen atoms in total. The van der Waals surface area contributed by atoms with Gasteiger partial charge < -0.3 is 23.4 Å². The highest BCUT2D eigenvalue weighted by Gasteiger charge is 2.19. The van der Waals surface area contributed by atoms with Gasteiger partial charge in [0.1, 0.15) is 6.61 Å². The van der Waals surface area contributed by atoms with Crippen LogP contribution in [0.4, 0.5) is 4.79 Å². The molecule has 1 heterocycles. The fourth-order valence-corrected chi connectivity index (χ4v) is 2.85. The molecule has 0 radical (unpaired) electrons. The van der Waals surface area contributed by atoms with Crippen molar-refractivity contribution in [1.82, 2.24) is 10.2 Å². The second-order valence-corrected chi connectivity index (χ2v) is 6.30. The van der Waals surface area contributed by atoms with Gasteiger partial charge in [0.25, 0.3) is 5.22 Å². The maximum absolute atomic E-state index is 12.0. The van der Waals surface area contributed by atoms with Crippen molar-refractivity contribution in [3.05, 3.63) is 48.0 Å². The van der Waals surface area contributed by atoms with Gasteiger partial charge in [-0.25, -0.2) is 4.79 Å². The van der Waals surface area contributed by atoms with Gasteiger partial charge in [0.15, 0.2) is 11.5 Å². The highest BCUT2D eigenvalue weighted by molar-refractivity contribution is 8.13. The number of nitrogens with zero attached hydrogens (tertiary/aromatic N) is 2. The highest BCUT2D eigenvalue weighted by Crippen LogP contribution is 2.41. The van der Waals surface area contributed by atoms with Crippen LogP contribution in [-0.4, -0.2) is 36.8 Å². The minimum absolute atomic E-state index is 0.0711. The van der Waals surface area contributed by atoms with Crippen LogP contribution in [0.15, 0.2) is 52.1 Å². The fraction of sp³-hybridized carbons (Fsp3) is 0.211. The molecule has 0 bridgehead atoms. The first-order valence-corrected chi connectivity index (χ1v) is 8.98. The van der Waals surface area contributed by atoms with E-state index < -0.39 is 5.30 Å². The van der Waals surface area contributed by atoms with Crippen LogP contribution in [0, 0.1) is 0 Å². The van der Waals surface area contributed by atoms with Crippen LogP contribution in [0.2, 0.25) is 0 Å². The molecule has 0 saturated carbocycles. The summed E-state index contributed by atoms with van der Waals surface area (Å²) >= 11 is 0.717. The van der Waals surface area contributed by atoms with Crippen molar-refractivity contribution >= 4 is 17.1 Å². The highest BCUT2D eigenvalue weighted by atomic mass is 32.2. The van der Waals surface area contributed by atoms with Gasteiger partial charge in [0.2, 0.25) is 11.6 Å². The Kier molecular flexibility index (Phi) is 6.38. The molecule has 28 heavy (non-hydrogen) atoms. The zero-order chi connectivity index (χ0) is 19.9. The number of aromatic nitrogens is 2. The molecule has 0 atom stereocenters. The summed E-state index contributed by atoms with van der Waals surface area (Å²) in [5, 5.41) is 7.37. The second kappa shape index (κ2) is 9.14. The Bertz CT molecular complexity index is 920. The summed E-state index contributed by atoms with van der Waals surface area (Å²) in [4.78, 5) is 12.0. The van der Waals surface area contributed by atoms with Crippen LogP contribution in [0.1, 0.15) is 5.56 Å². The average molecular weight is 402 g/mol. The first kappa shape index (κ1) is 19.6. The monoisotopic (exact) mass is 402 g/mol. The molecule has 0 amide bonds. The zero-order valence-electron chi connectivity index (χ0n) is 15.5. The molecule has 3 rings (SSSR count). The number of rotatable bonds is 7. The number of methoxy groups -OCH3 is 3. The van der Waals surface area contributed by atoms with Gasteiger partial charge in [-0.2, -0.15) is 0 Å². The summed E-state index contributed by atoms with van der Waals surface area (Å²) in [6.45, 7) is 0.167. The third-order valence-corrected chi connectivity index (χ3v) is 4.31. The molecule has 9 heteroatoms. The molecule has 146 valence electrons. The smallest absolute Gasteiger partial charge is 0.377 e. The lowest BCUT2D eigenvalue weighted by molar-refractivity contribution is 0.168. The molecule has 0 aliphatic carbocycles. The number of carbonyl (C=O) groups is 1. The van der Waals surface area contributed by atoms with E-state index in [0.717, 1.165) is 17.3 Å². The predicted octanol–water partition coefficient (Wildman–Crippen LogP) is 4.19. The van der Waals surface area contributed by atoms with Crippen molar-refractivity contribution in [2.45, 2.75) is 11.8 Å². The lowest BCUT2D eigenvalue weighted by Gasteiger charge is -2.12. The molecular formula is C19H18N2O6S.